The molecule has 2 aromatic rings. The average Bonchev–Trinajstić information content (AvgIpc) is 2.56. The van der Waals surface area contributed by atoms with E-state index in [9.17, 15) is 9.90 Å². The molecule has 0 saturated carbocycles. The van der Waals surface area contributed by atoms with E-state index in [1.165, 1.54) is 0 Å². The summed E-state index contributed by atoms with van der Waals surface area (Å²) in [5.74, 6) is -0.156. The Hall–Kier alpha value is -1.84. The Balaban J connectivity index is 1.86. The largest absolute Gasteiger partial charge is 0.388 e. The number of aliphatic hydroxyl groups is 1. The smallest absolute Gasteiger partial charge is 0.227 e. The molecule has 3 nitrogen and oxygen atoms in total. The molecule has 4 heteroatoms. The van der Waals surface area contributed by atoms with E-state index in [2.05, 4.69) is 5.32 Å². The minimum absolute atomic E-state index is 0.00278. The van der Waals surface area contributed by atoms with Crippen LogP contribution in [0.3, 0.4) is 0 Å². The predicted molar refractivity (Wildman–Crippen MR) is 93.5 cm³/mol. The molecular formula is C19H22ClNO2. The summed E-state index contributed by atoms with van der Waals surface area (Å²) in [6.07, 6.45) is 0.565. The van der Waals surface area contributed by atoms with Gasteiger partial charge in [0.2, 0.25) is 5.91 Å². The van der Waals surface area contributed by atoms with Crippen LogP contribution in [0.1, 0.15) is 42.9 Å². The van der Waals surface area contributed by atoms with Gasteiger partial charge in [0.05, 0.1) is 12.0 Å². The van der Waals surface area contributed by atoms with Crippen molar-refractivity contribution in [3.05, 3.63) is 70.7 Å². The number of hydrogen-bond donors (Lipinski definition) is 2. The van der Waals surface area contributed by atoms with E-state index >= 15 is 0 Å². The van der Waals surface area contributed by atoms with Gasteiger partial charge >= 0.3 is 0 Å². The first kappa shape index (κ1) is 17.5. The van der Waals surface area contributed by atoms with Gasteiger partial charge < -0.3 is 10.4 Å². The highest BCUT2D eigenvalue weighted by molar-refractivity contribution is 6.30. The first-order chi connectivity index (χ1) is 11.1. The molecule has 23 heavy (non-hydrogen) atoms. The number of benzene rings is 2. The van der Waals surface area contributed by atoms with Crippen LogP contribution in [0, 0.1) is 0 Å². The van der Waals surface area contributed by atoms with Crippen LogP contribution in [0.2, 0.25) is 5.02 Å². The minimum atomic E-state index is -0.634. The molecule has 2 aromatic carbocycles. The lowest BCUT2D eigenvalue weighted by atomic mass is 9.95. The van der Waals surface area contributed by atoms with Crippen LogP contribution in [0.4, 0.5) is 0 Å². The van der Waals surface area contributed by atoms with Crippen LogP contribution >= 0.6 is 11.6 Å². The van der Waals surface area contributed by atoms with E-state index in [1.54, 1.807) is 12.1 Å². The molecule has 0 saturated heterocycles. The Kier molecular flexibility index (Phi) is 6.63. The van der Waals surface area contributed by atoms with E-state index in [1.807, 2.05) is 49.4 Å². The van der Waals surface area contributed by atoms with E-state index in [0.717, 1.165) is 17.5 Å². The van der Waals surface area contributed by atoms with Gasteiger partial charge in [-0.1, -0.05) is 61.0 Å². The van der Waals surface area contributed by atoms with Crippen molar-refractivity contribution >= 4 is 17.5 Å². The monoisotopic (exact) mass is 331 g/mol. The highest BCUT2D eigenvalue weighted by atomic mass is 35.5. The molecule has 0 bridgehead atoms. The van der Waals surface area contributed by atoms with Gasteiger partial charge in [-0.15, -0.1) is 0 Å². The fourth-order valence-corrected chi connectivity index (χ4v) is 2.79. The van der Waals surface area contributed by atoms with E-state index < -0.39 is 6.10 Å². The molecule has 2 rings (SSSR count). The fourth-order valence-electron chi connectivity index (χ4n) is 2.59. The second kappa shape index (κ2) is 8.70. The lowest BCUT2D eigenvalue weighted by Gasteiger charge is -2.17. The van der Waals surface area contributed by atoms with Crippen molar-refractivity contribution in [2.24, 2.45) is 0 Å². The SMILES string of the molecule is CC[C@H](C(=O)NCC[C@H](O)c1cccc(Cl)c1)c1ccccc1. The Bertz CT molecular complexity index is 630. The van der Waals surface area contributed by atoms with Crippen LogP contribution < -0.4 is 5.32 Å². The van der Waals surface area contributed by atoms with Gasteiger partial charge in [-0.3, -0.25) is 4.79 Å². The van der Waals surface area contributed by atoms with Crippen molar-refractivity contribution in [3.63, 3.8) is 0 Å². The van der Waals surface area contributed by atoms with E-state index in [4.69, 9.17) is 11.6 Å². The average molecular weight is 332 g/mol. The molecule has 0 aliphatic rings. The van der Waals surface area contributed by atoms with Gasteiger partial charge in [-0.25, -0.2) is 0 Å². The minimum Gasteiger partial charge on any atom is -0.388 e. The van der Waals surface area contributed by atoms with Crippen molar-refractivity contribution in [1.82, 2.24) is 5.32 Å². The summed E-state index contributed by atoms with van der Waals surface area (Å²) in [6, 6.07) is 16.9. The van der Waals surface area contributed by atoms with E-state index in [-0.39, 0.29) is 11.8 Å². The summed E-state index contributed by atoms with van der Waals surface area (Å²) >= 11 is 5.92. The normalized spacial score (nSPS) is 13.3. The summed E-state index contributed by atoms with van der Waals surface area (Å²) in [6.45, 7) is 2.42. The van der Waals surface area contributed by atoms with Gasteiger partial charge in [-0.05, 0) is 36.1 Å². The number of nitrogens with one attached hydrogen (secondary N) is 1. The second-order valence-electron chi connectivity index (χ2n) is 5.52. The highest BCUT2D eigenvalue weighted by Crippen LogP contribution is 2.21. The van der Waals surface area contributed by atoms with E-state index in [0.29, 0.717) is 18.0 Å². The van der Waals surface area contributed by atoms with Crippen molar-refractivity contribution in [2.45, 2.75) is 31.8 Å². The van der Waals surface area contributed by atoms with Gasteiger partial charge in [-0.2, -0.15) is 0 Å². The zero-order valence-electron chi connectivity index (χ0n) is 13.2. The first-order valence-corrected chi connectivity index (χ1v) is 8.25. The molecule has 0 fully saturated rings. The number of amides is 1. The maximum absolute atomic E-state index is 12.3. The van der Waals surface area contributed by atoms with Crippen LogP contribution in [-0.2, 0) is 4.79 Å². The zero-order valence-corrected chi connectivity index (χ0v) is 14.0. The lowest BCUT2D eigenvalue weighted by Crippen LogP contribution is -2.30. The topological polar surface area (TPSA) is 49.3 Å². The van der Waals surface area contributed by atoms with Crippen molar-refractivity contribution in [3.8, 4) is 0 Å². The number of aliphatic hydroxyl groups excluding tert-OH is 1. The maximum atomic E-state index is 12.3. The summed E-state index contributed by atoms with van der Waals surface area (Å²) < 4.78 is 0. The molecule has 0 heterocycles. The third-order valence-corrected chi connectivity index (χ3v) is 4.11. The number of hydrogen-bond acceptors (Lipinski definition) is 2. The zero-order chi connectivity index (χ0) is 16.7. The molecule has 0 aromatic heterocycles. The van der Waals surface area contributed by atoms with Gasteiger partial charge in [0.15, 0.2) is 0 Å². The molecule has 2 N–H and O–H groups in total. The Morgan fingerprint density at radius 3 is 2.48 bits per heavy atom. The molecule has 122 valence electrons. The van der Waals surface area contributed by atoms with Crippen LogP contribution in [-0.4, -0.2) is 17.6 Å². The number of carbonyl (C=O) groups excluding carboxylic acids is 1. The third-order valence-electron chi connectivity index (χ3n) is 3.88. The Morgan fingerprint density at radius 1 is 1.13 bits per heavy atom. The number of rotatable bonds is 7. The van der Waals surface area contributed by atoms with Crippen LogP contribution in [0.5, 0.6) is 0 Å². The second-order valence-corrected chi connectivity index (χ2v) is 5.96. The standard InChI is InChI=1S/C19H22ClNO2/c1-2-17(14-7-4-3-5-8-14)19(23)21-12-11-18(22)15-9-6-10-16(20)13-15/h3-10,13,17-18,22H,2,11-12H2,1H3,(H,21,23)/t17-,18-/m0/s1. The molecule has 2 atom stereocenters. The quantitative estimate of drug-likeness (QED) is 0.803. The summed E-state index contributed by atoms with van der Waals surface area (Å²) in [5.41, 5.74) is 1.78. The summed E-state index contributed by atoms with van der Waals surface area (Å²) in [7, 11) is 0. The van der Waals surface area contributed by atoms with Crippen LogP contribution in [0.25, 0.3) is 0 Å². The van der Waals surface area contributed by atoms with Crippen molar-refractivity contribution in [1.29, 1.82) is 0 Å². The molecule has 0 aliphatic heterocycles. The number of carbonyl (C=O) groups is 1. The fraction of sp³-hybridized carbons (Fsp3) is 0.316. The maximum Gasteiger partial charge on any atom is 0.227 e. The Labute approximate surface area is 142 Å². The summed E-state index contributed by atoms with van der Waals surface area (Å²) in [5, 5.41) is 13.7. The number of halogens is 1. The van der Waals surface area contributed by atoms with Gasteiger partial charge in [0, 0.05) is 11.6 Å². The molecular weight excluding hydrogens is 310 g/mol. The van der Waals surface area contributed by atoms with Crippen LogP contribution in [0.15, 0.2) is 54.6 Å². The van der Waals surface area contributed by atoms with Gasteiger partial charge in [0.1, 0.15) is 0 Å². The molecule has 0 spiro atoms. The molecule has 0 aliphatic carbocycles. The Morgan fingerprint density at radius 2 is 1.83 bits per heavy atom. The van der Waals surface area contributed by atoms with Crippen molar-refractivity contribution < 1.29 is 9.90 Å². The molecule has 0 radical (unpaired) electrons. The third kappa shape index (κ3) is 5.08. The molecule has 0 unspecified atom stereocenters. The van der Waals surface area contributed by atoms with Crippen molar-refractivity contribution in [2.75, 3.05) is 6.54 Å². The lowest BCUT2D eigenvalue weighted by molar-refractivity contribution is -0.122. The van der Waals surface area contributed by atoms with Gasteiger partial charge in [0.25, 0.3) is 0 Å². The molecule has 1 amide bonds. The predicted octanol–water partition coefficient (Wildman–Crippen LogP) is 4.07. The first-order valence-electron chi connectivity index (χ1n) is 7.88. The summed E-state index contributed by atoms with van der Waals surface area (Å²) in [4.78, 5) is 12.3. The highest BCUT2D eigenvalue weighted by Gasteiger charge is 2.18.